The molecule has 0 spiro atoms. The number of phosphoric ester groups is 1. The molecule has 15 heteroatoms. The lowest BCUT2D eigenvalue weighted by Gasteiger charge is -2.22. The van der Waals surface area contributed by atoms with E-state index in [0.717, 1.165) is 32.1 Å². The van der Waals surface area contributed by atoms with Gasteiger partial charge in [-0.05, 0) is 38.5 Å². The molecule has 0 amide bonds. The molecule has 5 atom stereocenters. The molecule has 0 bridgehead atoms. The van der Waals surface area contributed by atoms with Crippen molar-refractivity contribution in [2.75, 3.05) is 32.1 Å². The molecular weight excluding hydrogens is 772 g/mol. The van der Waals surface area contributed by atoms with Gasteiger partial charge in [0.2, 0.25) is 0 Å². The summed E-state index contributed by atoms with van der Waals surface area (Å²) in [5.74, 6) is -2.27. The number of phosphoric acid groups is 1. The number of carboxylic acids is 1. The van der Waals surface area contributed by atoms with E-state index in [2.05, 4.69) is 26.0 Å². The zero-order valence-corrected chi connectivity index (χ0v) is 36.4. The molecule has 0 aliphatic rings. The lowest BCUT2D eigenvalue weighted by molar-refractivity contribution is -0.161. The van der Waals surface area contributed by atoms with Crippen LogP contribution in [0.25, 0.3) is 0 Å². The number of unbranched alkanes of at least 4 members (excludes halogenated alkanes) is 13. The molecule has 0 aliphatic carbocycles. The Labute approximate surface area is 347 Å². The maximum absolute atomic E-state index is 12.9. The molecule has 0 aliphatic heterocycles. The van der Waals surface area contributed by atoms with Crippen molar-refractivity contribution < 1.29 is 52.6 Å². The first-order valence-corrected chi connectivity index (χ1v) is 23.6. The number of nitrogens with two attached hydrogens (primary N) is 2. The summed E-state index contributed by atoms with van der Waals surface area (Å²) in [5.41, 5.74) is 11.5. The molecule has 0 aromatic rings. The first kappa shape index (κ1) is 54.7. The average molecular weight is 847 g/mol. The van der Waals surface area contributed by atoms with Crippen LogP contribution in [-0.4, -0.2) is 88.6 Å². The Kier molecular flexibility index (Phi) is 36.4. The third kappa shape index (κ3) is 35.4. The summed E-state index contributed by atoms with van der Waals surface area (Å²) in [7, 11) is -4.51. The summed E-state index contributed by atoms with van der Waals surface area (Å²) < 4.78 is 32.8. The van der Waals surface area contributed by atoms with Gasteiger partial charge in [0.25, 0.3) is 0 Å². The minimum Gasteiger partial charge on any atom is -0.481 e. The predicted octanol–water partition coefficient (Wildman–Crippen LogP) is 8.47. The normalized spacial score (nSPS) is 15.3. The Hall–Kier alpha value is -2.29. The number of carbonyl (C=O) groups is 3. The fourth-order valence-electron chi connectivity index (χ4n) is 5.43. The number of allylic oxidation sites excluding steroid dienone is 7. The molecule has 7 N–H and O–H groups in total. The highest BCUT2D eigenvalue weighted by Crippen LogP contribution is 2.43. The molecule has 0 radical (unpaired) electrons. The van der Waals surface area contributed by atoms with Crippen LogP contribution in [0.15, 0.2) is 48.6 Å². The molecule has 0 heterocycles. The Bertz CT molecular complexity index is 1200. The van der Waals surface area contributed by atoms with Gasteiger partial charge in [-0.25, -0.2) is 4.57 Å². The number of hydrogen-bond donors (Lipinski definition) is 5. The van der Waals surface area contributed by atoms with Crippen LogP contribution >= 0.6 is 19.6 Å². The number of hydrogen-bond acceptors (Lipinski definition) is 12. The SMILES string of the molecule is CCCCC/C=C\C\C=C/C=C/C=C/[C@@H](SC[C@H](N)C(=O)OC[C@H](COP(=O)(O)OCCN)OC(=O)CCCCCCCCCCCCC)[C@@H](O)CCCC(=O)O. The zero-order chi connectivity index (χ0) is 42.4. The number of carboxylic acid groups (broad SMARTS) is 1. The van der Waals surface area contributed by atoms with E-state index in [1.807, 2.05) is 24.3 Å². The highest BCUT2D eigenvalue weighted by atomic mass is 32.2. The van der Waals surface area contributed by atoms with Gasteiger partial charge in [-0.1, -0.05) is 140 Å². The van der Waals surface area contributed by atoms with E-state index >= 15 is 0 Å². The third-order valence-corrected chi connectivity index (χ3v) is 11.1. The second-order valence-electron chi connectivity index (χ2n) is 14.1. The molecular formula is C42H75N2O11PS. The number of thioether (sulfide) groups is 1. The van der Waals surface area contributed by atoms with Crippen molar-refractivity contribution in [3.05, 3.63) is 48.6 Å². The van der Waals surface area contributed by atoms with Gasteiger partial charge in [0.15, 0.2) is 6.10 Å². The number of aliphatic carboxylic acids is 1. The van der Waals surface area contributed by atoms with E-state index in [1.54, 1.807) is 12.2 Å². The Morgan fingerprint density at radius 2 is 1.40 bits per heavy atom. The van der Waals surface area contributed by atoms with E-state index in [4.69, 9.17) is 35.1 Å². The Balaban J connectivity index is 5.16. The largest absolute Gasteiger partial charge is 0.481 e. The van der Waals surface area contributed by atoms with E-state index in [-0.39, 0.29) is 44.6 Å². The topological polar surface area (TPSA) is 218 Å². The van der Waals surface area contributed by atoms with Gasteiger partial charge in [-0.3, -0.25) is 23.4 Å². The van der Waals surface area contributed by atoms with Crippen LogP contribution in [0.5, 0.6) is 0 Å². The van der Waals surface area contributed by atoms with Crippen LogP contribution < -0.4 is 11.5 Å². The van der Waals surface area contributed by atoms with Crippen molar-refractivity contribution in [1.82, 2.24) is 0 Å². The Morgan fingerprint density at radius 3 is 2.05 bits per heavy atom. The second kappa shape index (κ2) is 37.9. The van der Waals surface area contributed by atoms with Crippen LogP contribution in [0.4, 0.5) is 0 Å². The fourth-order valence-corrected chi connectivity index (χ4v) is 7.32. The summed E-state index contributed by atoms with van der Waals surface area (Å²) >= 11 is 1.22. The molecule has 0 saturated heterocycles. The molecule has 330 valence electrons. The monoisotopic (exact) mass is 846 g/mol. The minimum absolute atomic E-state index is 0.0137. The van der Waals surface area contributed by atoms with Crippen molar-refractivity contribution >= 4 is 37.5 Å². The Morgan fingerprint density at radius 1 is 0.772 bits per heavy atom. The van der Waals surface area contributed by atoms with Crippen LogP contribution in [0, 0.1) is 0 Å². The standard InChI is InChI=1S/C42H75N2O11PS/c1-3-5-7-9-11-13-15-17-18-20-22-24-28-39(38(45)27-26-29-40(46)47)57-35-37(44)42(49)52-33-36(34-54-56(50,51)53-32-31-43)55-41(48)30-25-23-21-19-16-14-12-10-8-6-4-2/h11,13,17-18,20,22,24,28,36-39,45H,3-10,12,14-16,19,21,23,25-27,29-35,43-44H2,1-2H3,(H,46,47)(H,50,51)/b13-11-,18-17-,22-20+,28-24+/t36-,37+,38+,39-/m1/s1. The van der Waals surface area contributed by atoms with Crippen LogP contribution in [0.2, 0.25) is 0 Å². The van der Waals surface area contributed by atoms with Crippen molar-refractivity contribution in [3.63, 3.8) is 0 Å². The molecule has 0 saturated carbocycles. The summed E-state index contributed by atoms with van der Waals surface area (Å²) in [6.45, 7) is 3.09. The van der Waals surface area contributed by atoms with Gasteiger partial charge in [0, 0.05) is 30.4 Å². The van der Waals surface area contributed by atoms with Gasteiger partial charge in [0.05, 0.1) is 19.3 Å². The predicted molar refractivity (Wildman–Crippen MR) is 230 cm³/mol. The van der Waals surface area contributed by atoms with E-state index in [0.29, 0.717) is 6.42 Å². The summed E-state index contributed by atoms with van der Waals surface area (Å²) in [6.07, 6.45) is 31.9. The second-order valence-corrected chi connectivity index (χ2v) is 16.7. The quantitative estimate of drug-likeness (QED) is 0.0129. The molecule has 1 unspecified atom stereocenters. The van der Waals surface area contributed by atoms with Gasteiger partial charge in [-0.15, -0.1) is 11.8 Å². The molecule has 0 rings (SSSR count). The number of aliphatic hydroxyl groups is 1. The summed E-state index contributed by atoms with van der Waals surface area (Å²) in [4.78, 5) is 46.5. The zero-order valence-electron chi connectivity index (χ0n) is 34.7. The molecule has 13 nitrogen and oxygen atoms in total. The maximum Gasteiger partial charge on any atom is 0.472 e. The molecule has 57 heavy (non-hydrogen) atoms. The smallest absolute Gasteiger partial charge is 0.472 e. The maximum atomic E-state index is 12.9. The van der Waals surface area contributed by atoms with Gasteiger partial charge in [0.1, 0.15) is 12.6 Å². The van der Waals surface area contributed by atoms with Crippen LogP contribution in [-0.2, 0) is 37.5 Å². The van der Waals surface area contributed by atoms with Crippen molar-refractivity contribution in [2.45, 2.75) is 166 Å². The van der Waals surface area contributed by atoms with Gasteiger partial charge < -0.3 is 36.0 Å². The van der Waals surface area contributed by atoms with Crippen molar-refractivity contribution in [1.29, 1.82) is 0 Å². The summed E-state index contributed by atoms with van der Waals surface area (Å²) in [6, 6.07) is -1.13. The van der Waals surface area contributed by atoms with E-state index < -0.39 is 62.4 Å². The average Bonchev–Trinajstić information content (AvgIpc) is 3.18. The van der Waals surface area contributed by atoms with Crippen molar-refractivity contribution in [3.8, 4) is 0 Å². The lowest BCUT2D eigenvalue weighted by atomic mass is 10.1. The lowest BCUT2D eigenvalue weighted by Crippen LogP contribution is -2.38. The first-order valence-electron chi connectivity index (χ1n) is 21.1. The fraction of sp³-hybridized carbons (Fsp3) is 0.738. The molecule has 0 aromatic carbocycles. The molecule has 0 aromatic heterocycles. The minimum atomic E-state index is -4.51. The van der Waals surface area contributed by atoms with Crippen molar-refractivity contribution in [2.24, 2.45) is 11.5 Å². The van der Waals surface area contributed by atoms with E-state index in [9.17, 15) is 28.9 Å². The number of ether oxygens (including phenoxy) is 2. The van der Waals surface area contributed by atoms with Crippen LogP contribution in [0.3, 0.4) is 0 Å². The number of esters is 2. The van der Waals surface area contributed by atoms with Gasteiger partial charge in [-0.2, -0.15) is 0 Å². The number of carbonyl (C=O) groups excluding carboxylic acids is 2. The highest BCUT2D eigenvalue weighted by Gasteiger charge is 2.27. The van der Waals surface area contributed by atoms with Gasteiger partial charge >= 0.3 is 25.7 Å². The third-order valence-electron chi connectivity index (χ3n) is 8.71. The highest BCUT2D eigenvalue weighted by molar-refractivity contribution is 8.00. The number of rotatable bonds is 39. The first-order chi connectivity index (χ1) is 27.4. The number of aliphatic hydroxyl groups excluding tert-OH is 1. The molecule has 0 fully saturated rings. The van der Waals surface area contributed by atoms with Crippen LogP contribution in [0.1, 0.15) is 142 Å². The summed E-state index contributed by atoms with van der Waals surface area (Å²) in [5, 5.41) is 19.4. The van der Waals surface area contributed by atoms with E-state index in [1.165, 1.54) is 76.0 Å².